The second-order valence-electron chi connectivity index (χ2n) is 10.6. The maximum Gasteiger partial charge on any atom is 0.265 e. The number of ether oxygens (including phenoxy) is 3. The van der Waals surface area contributed by atoms with E-state index in [1.54, 1.807) is 6.92 Å². The molecule has 0 aliphatic heterocycles. The number of rotatable bonds is 15. The molecule has 0 aliphatic rings. The van der Waals surface area contributed by atoms with E-state index in [4.69, 9.17) is 25.8 Å². The highest BCUT2D eigenvalue weighted by Gasteiger charge is 2.36. The lowest BCUT2D eigenvalue weighted by atomic mass is 10.0. The first-order chi connectivity index (χ1) is 23.0. The lowest BCUT2D eigenvalue weighted by Crippen LogP contribution is -2.53. The third kappa shape index (κ3) is 8.55. The van der Waals surface area contributed by atoms with Crippen LogP contribution in [0.3, 0.4) is 0 Å². The summed E-state index contributed by atoms with van der Waals surface area (Å²) in [6.45, 7) is 1.18. The van der Waals surface area contributed by atoms with Crippen molar-refractivity contribution >= 4 is 39.1 Å². The van der Waals surface area contributed by atoms with Gasteiger partial charge in [0.05, 0.1) is 31.9 Å². The van der Waals surface area contributed by atoms with Crippen molar-refractivity contribution in [3.63, 3.8) is 0 Å². The third-order valence-corrected chi connectivity index (χ3v) is 9.51. The first kappa shape index (κ1) is 36.0. The Hall–Kier alpha value is -4.81. The van der Waals surface area contributed by atoms with E-state index in [0.29, 0.717) is 17.9 Å². The smallest absolute Gasteiger partial charge is 0.265 e. The Bertz CT molecular complexity index is 1830. The number of anilines is 1. The highest BCUT2D eigenvalue weighted by atomic mass is 35.5. The number of nitrogens with zero attached hydrogens (tertiary/aromatic N) is 2. The van der Waals surface area contributed by atoms with Gasteiger partial charge in [0.2, 0.25) is 11.8 Å². The number of likely N-dealkylation sites (N-methyl/N-ethyl adjacent to an activating group) is 1. The number of halogens is 2. The molecule has 13 heteroatoms. The second kappa shape index (κ2) is 16.3. The van der Waals surface area contributed by atoms with E-state index < -0.39 is 40.2 Å². The number of benzene rings is 4. The van der Waals surface area contributed by atoms with Crippen LogP contribution in [0.2, 0.25) is 5.02 Å². The van der Waals surface area contributed by atoms with E-state index in [2.05, 4.69) is 5.32 Å². The van der Waals surface area contributed by atoms with Gasteiger partial charge in [-0.1, -0.05) is 54.1 Å². The van der Waals surface area contributed by atoms with E-state index in [1.165, 1.54) is 86.9 Å². The summed E-state index contributed by atoms with van der Waals surface area (Å²) in [5.74, 6) is -1.04. The van der Waals surface area contributed by atoms with E-state index in [9.17, 15) is 22.4 Å². The predicted octanol–water partition coefficient (Wildman–Crippen LogP) is 5.48. The Morgan fingerprint density at radius 3 is 2.10 bits per heavy atom. The lowest BCUT2D eigenvalue weighted by Gasteiger charge is -2.34. The fourth-order valence-electron chi connectivity index (χ4n) is 5.11. The van der Waals surface area contributed by atoms with Crippen molar-refractivity contribution in [2.75, 3.05) is 38.7 Å². The summed E-state index contributed by atoms with van der Waals surface area (Å²) < 4.78 is 59.8. The molecule has 0 heterocycles. The zero-order chi connectivity index (χ0) is 34.8. The molecule has 48 heavy (non-hydrogen) atoms. The summed E-state index contributed by atoms with van der Waals surface area (Å²) in [5.41, 5.74) is 1.30. The molecule has 0 saturated heterocycles. The molecule has 0 bridgehead atoms. The minimum absolute atomic E-state index is 0.00696. The van der Waals surface area contributed by atoms with E-state index in [1.807, 2.05) is 30.3 Å². The lowest BCUT2D eigenvalue weighted by molar-refractivity contribution is -0.140. The molecule has 4 aromatic rings. The van der Waals surface area contributed by atoms with Gasteiger partial charge in [0.15, 0.2) is 11.5 Å². The van der Waals surface area contributed by atoms with Crippen molar-refractivity contribution in [2.45, 2.75) is 30.8 Å². The summed E-state index contributed by atoms with van der Waals surface area (Å²) in [5, 5.41) is 2.99. The molecular formula is C35H37ClFN3O7S. The maximum atomic E-state index is 14.6. The van der Waals surface area contributed by atoms with Crippen molar-refractivity contribution in [2.24, 2.45) is 0 Å². The van der Waals surface area contributed by atoms with Crippen molar-refractivity contribution in [3.05, 3.63) is 113 Å². The molecule has 0 aliphatic carbocycles. The first-order valence-corrected chi connectivity index (χ1v) is 16.8. The Labute approximate surface area is 285 Å². The van der Waals surface area contributed by atoms with E-state index >= 15 is 0 Å². The fraction of sp³-hybridized carbons (Fsp3) is 0.257. The van der Waals surface area contributed by atoms with Crippen LogP contribution in [0.15, 0.2) is 95.9 Å². The van der Waals surface area contributed by atoms with Crippen LogP contribution in [0.4, 0.5) is 10.1 Å². The largest absolute Gasteiger partial charge is 0.495 e. The van der Waals surface area contributed by atoms with Crippen LogP contribution in [-0.4, -0.2) is 65.6 Å². The highest BCUT2D eigenvalue weighted by molar-refractivity contribution is 7.92. The number of methoxy groups -OCH3 is 3. The van der Waals surface area contributed by atoms with Gasteiger partial charge in [0, 0.05) is 30.6 Å². The standard InChI is InChI=1S/C35H37ClFN3O7S/c1-5-38-35(42)30(19-24-9-7-6-8-10-24)39(22-25-11-14-27(37)15-12-25)34(41)23-40(29-20-26(36)13-17-31(29)45-2)48(43,44)28-16-18-32(46-3)33(21-28)47-4/h6-18,20-21,30H,5,19,22-23H2,1-4H3,(H,38,42)/t30-/m1/s1. The Morgan fingerprint density at radius 2 is 1.48 bits per heavy atom. The minimum Gasteiger partial charge on any atom is -0.495 e. The maximum absolute atomic E-state index is 14.6. The molecule has 4 rings (SSSR count). The number of nitrogens with one attached hydrogen (secondary N) is 1. The van der Waals surface area contributed by atoms with E-state index in [-0.39, 0.29) is 40.1 Å². The molecule has 10 nitrogen and oxygen atoms in total. The minimum atomic E-state index is -4.52. The Morgan fingerprint density at radius 1 is 0.833 bits per heavy atom. The van der Waals surface area contributed by atoms with Crippen molar-refractivity contribution < 1.29 is 36.6 Å². The zero-order valence-electron chi connectivity index (χ0n) is 27.0. The van der Waals surface area contributed by atoms with Crippen LogP contribution in [-0.2, 0) is 32.6 Å². The highest BCUT2D eigenvalue weighted by Crippen LogP contribution is 2.37. The van der Waals surface area contributed by atoms with Gasteiger partial charge in [-0.25, -0.2) is 12.8 Å². The van der Waals surface area contributed by atoms with Crippen LogP contribution >= 0.6 is 11.6 Å². The Balaban J connectivity index is 1.87. The summed E-state index contributed by atoms with van der Waals surface area (Å²) in [6.07, 6.45) is 0.128. The quantitative estimate of drug-likeness (QED) is 0.175. The topological polar surface area (TPSA) is 114 Å². The molecular weight excluding hydrogens is 661 g/mol. The third-order valence-electron chi connectivity index (χ3n) is 7.52. The van der Waals surface area contributed by atoms with Crippen LogP contribution in [0.25, 0.3) is 0 Å². The first-order valence-electron chi connectivity index (χ1n) is 15.0. The molecule has 0 aromatic heterocycles. The monoisotopic (exact) mass is 697 g/mol. The molecule has 1 N–H and O–H groups in total. The molecule has 2 amide bonds. The van der Waals surface area contributed by atoms with Gasteiger partial charge >= 0.3 is 0 Å². The number of carbonyl (C=O) groups excluding carboxylic acids is 2. The van der Waals surface area contributed by atoms with Gasteiger partial charge in [-0.2, -0.15) is 0 Å². The Kier molecular flexibility index (Phi) is 12.3. The zero-order valence-corrected chi connectivity index (χ0v) is 28.6. The summed E-state index contributed by atoms with van der Waals surface area (Å²) in [6, 6.07) is 22.0. The van der Waals surface area contributed by atoms with Gasteiger partial charge in [-0.15, -0.1) is 0 Å². The average Bonchev–Trinajstić information content (AvgIpc) is 3.09. The van der Waals surface area contributed by atoms with Crippen molar-refractivity contribution in [1.29, 1.82) is 0 Å². The summed E-state index contributed by atoms with van der Waals surface area (Å²) in [4.78, 5) is 29.3. The molecule has 4 aromatic carbocycles. The fourth-order valence-corrected chi connectivity index (χ4v) is 6.71. The second-order valence-corrected chi connectivity index (χ2v) is 12.9. The van der Waals surface area contributed by atoms with Gasteiger partial charge in [-0.05, 0) is 60.5 Å². The van der Waals surface area contributed by atoms with Crippen LogP contribution < -0.4 is 23.8 Å². The van der Waals surface area contributed by atoms with E-state index in [0.717, 1.165) is 9.87 Å². The summed E-state index contributed by atoms with van der Waals surface area (Å²) >= 11 is 6.34. The van der Waals surface area contributed by atoms with Gasteiger partial charge in [0.1, 0.15) is 24.2 Å². The number of sulfonamides is 1. The SMILES string of the molecule is CCNC(=O)[C@@H](Cc1ccccc1)N(Cc1ccc(F)cc1)C(=O)CN(c1cc(Cl)ccc1OC)S(=O)(=O)c1ccc(OC)c(OC)c1. The molecule has 0 unspecified atom stereocenters. The van der Waals surface area contributed by atoms with Crippen molar-refractivity contribution in [1.82, 2.24) is 10.2 Å². The van der Waals surface area contributed by atoms with Crippen LogP contribution in [0, 0.1) is 5.82 Å². The van der Waals surface area contributed by atoms with Crippen LogP contribution in [0.1, 0.15) is 18.1 Å². The van der Waals surface area contributed by atoms with Gasteiger partial charge < -0.3 is 24.4 Å². The number of amides is 2. The molecule has 1 atom stereocenters. The number of carbonyl (C=O) groups is 2. The van der Waals surface area contributed by atoms with Crippen molar-refractivity contribution in [3.8, 4) is 17.2 Å². The molecule has 0 fully saturated rings. The van der Waals surface area contributed by atoms with Crippen LogP contribution in [0.5, 0.6) is 17.2 Å². The molecule has 0 saturated carbocycles. The van der Waals surface area contributed by atoms with Gasteiger partial charge in [0.25, 0.3) is 10.0 Å². The molecule has 0 radical (unpaired) electrons. The molecule has 0 spiro atoms. The normalized spacial score (nSPS) is 11.7. The van der Waals surface area contributed by atoms with Gasteiger partial charge in [-0.3, -0.25) is 13.9 Å². The predicted molar refractivity (Wildman–Crippen MR) is 182 cm³/mol. The number of hydrogen-bond acceptors (Lipinski definition) is 7. The number of hydrogen-bond donors (Lipinski definition) is 1. The summed E-state index contributed by atoms with van der Waals surface area (Å²) in [7, 11) is -0.366. The average molecular weight is 698 g/mol. The molecule has 254 valence electrons.